The molecule has 0 heterocycles. The van der Waals surface area contributed by atoms with Crippen LogP contribution >= 0.6 is 0 Å². The van der Waals surface area contributed by atoms with Crippen LogP contribution in [0.3, 0.4) is 0 Å². The number of carbonyl (C=O) groups excluding carboxylic acids is 1. The van der Waals surface area contributed by atoms with Gasteiger partial charge in [0, 0.05) is 0 Å². The highest BCUT2D eigenvalue weighted by Crippen LogP contribution is 2.36. The van der Waals surface area contributed by atoms with Crippen molar-refractivity contribution in [1.82, 2.24) is 0 Å². The smallest absolute Gasteiger partial charge is 0.387 e. The minimum atomic E-state index is -3.20. The molecule has 0 fully saturated rings. The van der Waals surface area contributed by atoms with Gasteiger partial charge in [0.15, 0.2) is 18.1 Å². The Labute approximate surface area is 163 Å². The van der Waals surface area contributed by atoms with Crippen LogP contribution in [0.5, 0.6) is 17.2 Å². The molecule has 0 atom stereocenters. The molecular weight excluding hydrogens is 394 g/mol. The minimum Gasteiger partial charge on any atom is -0.493 e. The van der Waals surface area contributed by atoms with Crippen LogP contribution in [-0.4, -0.2) is 31.2 Å². The third-order valence-corrected chi connectivity index (χ3v) is 3.51. The number of nitro groups is 1. The lowest BCUT2D eigenvalue weighted by Gasteiger charge is -2.12. The van der Waals surface area contributed by atoms with Crippen LogP contribution < -0.4 is 14.2 Å². The number of nitro benzene ring substituents is 1. The fourth-order valence-corrected chi connectivity index (χ4v) is 2.19. The predicted molar refractivity (Wildman–Crippen MR) is 92.7 cm³/mol. The summed E-state index contributed by atoms with van der Waals surface area (Å²) < 4.78 is 44.1. The van der Waals surface area contributed by atoms with E-state index in [1.807, 2.05) is 6.07 Å². The second kappa shape index (κ2) is 9.84. The zero-order valence-corrected chi connectivity index (χ0v) is 15.0. The standard InChI is InChI=1S/C18H14F2N2O7/c1-26-15-6-12(14(22(24)25)7-16(15)29-18(19)20)9-28-17(23)10-27-13-4-2-11(8-21)3-5-13/h2-7,18H,9-10H2,1H3. The number of hydrogen-bond donors (Lipinski definition) is 0. The van der Waals surface area contributed by atoms with E-state index in [1.54, 1.807) is 0 Å². The van der Waals surface area contributed by atoms with Crippen molar-refractivity contribution in [3.63, 3.8) is 0 Å². The van der Waals surface area contributed by atoms with Crippen LogP contribution in [0.1, 0.15) is 11.1 Å². The van der Waals surface area contributed by atoms with Crippen molar-refractivity contribution in [2.75, 3.05) is 13.7 Å². The van der Waals surface area contributed by atoms with E-state index in [-0.39, 0.29) is 11.3 Å². The second-order valence-corrected chi connectivity index (χ2v) is 5.35. The quantitative estimate of drug-likeness (QED) is 0.352. The highest BCUT2D eigenvalue weighted by molar-refractivity contribution is 5.71. The van der Waals surface area contributed by atoms with E-state index in [1.165, 1.54) is 31.4 Å². The fourth-order valence-electron chi connectivity index (χ4n) is 2.19. The molecule has 29 heavy (non-hydrogen) atoms. The number of hydrogen-bond acceptors (Lipinski definition) is 8. The Bertz CT molecular complexity index is 927. The highest BCUT2D eigenvalue weighted by Gasteiger charge is 2.22. The Morgan fingerprint density at radius 2 is 1.93 bits per heavy atom. The van der Waals surface area contributed by atoms with E-state index in [9.17, 15) is 23.7 Å². The zero-order valence-electron chi connectivity index (χ0n) is 15.0. The maximum Gasteiger partial charge on any atom is 0.387 e. The van der Waals surface area contributed by atoms with E-state index in [2.05, 4.69) is 4.74 Å². The topological polar surface area (TPSA) is 121 Å². The van der Waals surface area contributed by atoms with Gasteiger partial charge in [0.25, 0.3) is 5.69 Å². The molecule has 152 valence electrons. The van der Waals surface area contributed by atoms with Gasteiger partial charge in [0.2, 0.25) is 0 Å². The Kier molecular flexibility index (Phi) is 7.25. The van der Waals surface area contributed by atoms with Gasteiger partial charge in [0.1, 0.15) is 12.4 Å². The number of carbonyl (C=O) groups is 1. The maximum absolute atomic E-state index is 12.4. The van der Waals surface area contributed by atoms with Gasteiger partial charge in [-0.15, -0.1) is 0 Å². The Morgan fingerprint density at radius 1 is 1.24 bits per heavy atom. The monoisotopic (exact) mass is 408 g/mol. The van der Waals surface area contributed by atoms with Gasteiger partial charge >= 0.3 is 12.6 Å². The molecule has 0 bridgehead atoms. The molecule has 0 aliphatic heterocycles. The van der Waals surface area contributed by atoms with Gasteiger partial charge < -0.3 is 18.9 Å². The summed E-state index contributed by atoms with van der Waals surface area (Å²) in [6, 6.07) is 9.75. The molecule has 0 spiro atoms. The van der Waals surface area contributed by atoms with Gasteiger partial charge in [-0.25, -0.2) is 4.79 Å². The van der Waals surface area contributed by atoms with Gasteiger partial charge in [-0.3, -0.25) is 10.1 Å². The summed E-state index contributed by atoms with van der Waals surface area (Å²) in [7, 11) is 1.17. The lowest BCUT2D eigenvalue weighted by molar-refractivity contribution is -0.386. The lowest BCUT2D eigenvalue weighted by Crippen LogP contribution is -2.15. The average Bonchev–Trinajstić information content (AvgIpc) is 2.70. The molecule has 0 radical (unpaired) electrons. The number of benzene rings is 2. The lowest BCUT2D eigenvalue weighted by atomic mass is 10.1. The van der Waals surface area contributed by atoms with E-state index in [4.69, 9.17) is 19.5 Å². The summed E-state index contributed by atoms with van der Waals surface area (Å²) in [6.45, 7) is -4.20. The van der Waals surface area contributed by atoms with Crippen LogP contribution in [0.4, 0.5) is 14.5 Å². The van der Waals surface area contributed by atoms with Crippen LogP contribution in [0.2, 0.25) is 0 Å². The van der Waals surface area contributed by atoms with Gasteiger partial charge in [-0.1, -0.05) is 0 Å². The molecule has 0 amide bonds. The minimum absolute atomic E-state index is 0.0832. The number of halogens is 2. The first-order chi connectivity index (χ1) is 13.8. The molecule has 9 nitrogen and oxygen atoms in total. The van der Waals surface area contributed by atoms with Crippen LogP contribution in [0.15, 0.2) is 36.4 Å². The third kappa shape index (κ3) is 6.03. The number of esters is 1. The summed E-state index contributed by atoms with van der Waals surface area (Å²) in [4.78, 5) is 22.2. The fraction of sp³-hybridized carbons (Fsp3) is 0.222. The summed E-state index contributed by atoms with van der Waals surface area (Å²) >= 11 is 0. The molecule has 0 saturated heterocycles. The molecule has 2 aromatic carbocycles. The second-order valence-electron chi connectivity index (χ2n) is 5.35. The number of methoxy groups -OCH3 is 1. The molecule has 11 heteroatoms. The third-order valence-electron chi connectivity index (χ3n) is 3.51. The molecule has 0 aliphatic rings. The normalized spacial score (nSPS) is 10.2. The molecule has 0 aliphatic carbocycles. The van der Waals surface area contributed by atoms with Gasteiger partial charge in [-0.2, -0.15) is 14.0 Å². The summed E-state index contributed by atoms with van der Waals surface area (Å²) in [5.41, 5.74) is -0.247. The van der Waals surface area contributed by atoms with Crippen LogP contribution in [-0.2, 0) is 16.1 Å². The van der Waals surface area contributed by atoms with E-state index in [0.29, 0.717) is 11.3 Å². The molecule has 2 rings (SSSR count). The van der Waals surface area contributed by atoms with Crippen molar-refractivity contribution < 1.29 is 37.4 Å². The first kappa shape index (κ1) is 21.4. The van der Waals surface area contributed by atoms with Crippen molar-refractivity contribution >= 4 is 11.7 Å². The van der Waals surface area contributed by atoms with Gasteiger partial charge in [0.05, 0.1) is 35.3 Å². The molecule has 0 unspecified atom stereocenters. The van der Waals surface area contributed by atoms with E-state index in [0.717, 1.165) is 12.1 Å². The summed E-state index contributed by atoms with van der Waals surface area (Å²) in [5, 5.41) is 19.9. The van der Waals surface area contributed by atoms with Crippen molar-refractivity contribution in [2.24, 2.45) is 0 Å². The Hall–Kier alpha value is -3.94. The number of nitrogens with zero attached hydrogens (tertiary/aromatic N) is 2. The van der Waals surface area contributed by atoms with E-state index >= 15 is 0 Å². The number of ether oxygens (including phenoxy) is 4. The summed E-state index contributed by atoms with van der Waals surface area (Å²) in [6.07, 6.45) is 0. The number of rotatable bonds is 9. The van der Waals surface area contributed by atoms with Gasteiger partial charge in [-0.05, 0) is 30.3 Å². The van der Waals surface area contributed by atoms with Crippen molar-refractivity contribution in [1.29, 1.82) is 5.26 Å². The Morgan fingerprint density at radius 3 is 2.48 bits per heavy atom. The van der Waals surface area contributed by atoms with Crippen molar-refractivity contribution in [3.8, 4) is 23.3 Å². The SMILES string of the molecule is COc1cc(COC(=O)COc2ccc(C#N)cc2)c([N+](=O)[O-])cc1OC(F)F. The summed E-state index contributed by atoms with van der Waals surface area (Å²) in [5.74, 6) is -1.21. The number of alkyl halides is 2. The first-order valence-corrected chi connectivity index (χ1v) is 7.92. The maximum atomic E-state index is 12.4. The first-order valence-electron chi connectivity index (χ1n) is 7.92. The predicted octanol–water partition coefficient (Wildman–Crippen LogP) is 3.20. The number of nitriles is 1. The average molecular weight is 408 g/mol. The van der Waals surface area contributed by atoms with Crippen LogP contribution in [0.25, 0.3) is 0 Å². The highest BCUT2D eigenvalue weighted by atomic mass is 19.3. The van der Waals surface area contributed by atoms with Crippen LogP contribution in [0, 0.1) is 21.4 Å². The Balaban J connectivity index is 2.04. The molecule has 0 N–H and O–H groups in total. The van der Waals surface area contributed by atoms with Crippen molar-refractivity contribution in [2.45, 2.75) is 13.2 Å². The molecule has 0 aromatic heterocycles. The molecule has 0 saturated carbocycles. The van der Waals surface area contributed by atoms with Crippen molar-refractivity contribution in [3.05, 3.63) is 57.6 Å². The molecular formula is C18H14F2N2O7. The van der Waals surface area contributed by atoms with E-state index < -0.39 is 42.2 Å². The largest absolute Gasteiger partial charge is 0.493 e. The molecule has 2 aromatic rings. The zero-order chi connectivity index (χ0) is 21.4.